The predicted octanol–water partition coefficient (Wildman–Crippen LogP) is 0.808. The highest BCUT2D eigenvalue weighted by Crippen LogP contribution is 2.07. The number of halogens is 1. The molecule has 2 heterocycles. The molecule has 1 aliphatic heterocycles. The van der Waals surface area contributed by atoms with E-state index < -0.39 is 0 Å². The summed E-state index contributed by atoms with van der Waals surface area (Å²) in [7, 11) is 0. The lowest BCUT2D eigenvalue weighted by Crippen LogP contribution is -2.50. The van der Waals surface area contributed by atoms with Gasteiger partial charge in [0.05, 0.1) is 5.56 Å². The molecular weight excluding hydrogens is 254 g/mol. The van der Waals surface area contributed by atoms with Crippen molar-refractivity contribution in [1.82, 2.24) is 14.8 Å². The molecule has 1 aliphatic rings. The van der Waals surface area contributed by atoms with Gasteiger partial charge in [-0.2, -0.15) is 0 Å². The van der Waals surface area contributed by atoms with Crippen LogP contribution in [0.15, 0.2) is 24.5 Å². The van der Waals surface area contributed by atoms with Gasteiger partial charge < -0.3 is 9.80 Å². The monoisotopic (exact) mass is 269 g/mol. The van der Waals surface area contributed by atoms with Crippen LogP contribution < -0.4 is 0 Å². The van der Waals surface area contributed by atoms with Crippen LogP contribution in [-0.2, 0) is 4.79 Å². The average molecular weight is 270 g/mol. The molecule has 0 N–H and O–H groups in total. The van der Waals surface area contributed by atoms with Crippen molar-refractivity contribution in [1.29, 1.82) is 0 Å². The second-order valence-electron chi connectivity index (χ2n) is 4.04. The largest absolute Gasteiger partial charge is 0.339 e. The highest BCUT2D eigenvalue weighted by atomic mass is 35.5. The van der Waals surface area contributed by atoms with Crippen molar-refractivity contribution in [2.24, 2.45) is 0 Å². The van der Waals surface area contributed by atoms with Crippen LogP contribution in [-0.4, -0.2) is 52.8 Å². The fourth-order valence-electron chi connectivity index (χ4n) is 1.90. The van der Waals surface area contributed by atoms with Crippen LogP contribution in [0.3, 0.4) is 0 Å². The zero-order chi connectivity index (χ0) is 12.3. The molecule has 2 rings (SSSR count). The zero-order valence-corrected chi connectivity index (χ0v) is 11.0. The fourth-order valence-corrected chi connectivity index (χ4v) is 1.90. The van der Waals surface area contributed by atoms with Gasteiger partial charge in [0, 0.05) is 45.5 Å². The first-order valence-corrected chi connectivity index (χ1v) is 5.63. The van der Waals surface area contributed by atoms with Crippen molar-refractivity contribution >= 4 is 24.2 Å². The maximum atomic E-state index is 12.1. The molecule has 1 aromatic rings. The maximum Gasteiger partial charge on any atom is 0.255 e. The van der Waals surface area contributed by atoms with E-state index in [-0.39, 0.29) is 24.2 Å². The normalized spacial score (nSPS) is 14.9. The maximum absolute atomic E-state index is 12.1. The number of carbonyl (C=O) groups excluding carboxylic acids is 2. The first kappa shape index (κ1) is 14.4. The van der Waals surface area contributed by atoms with Crippen LogP contribution in [0.25, 0.3) is 0 Å². The molecule has 2 amide bonds. The molecule has 1 saturated heterocycles. The highest BCUT2D eigenvalue weighted by molar-refractivity contribution is 5.94. The van der Waals surface area contributed by atoms with Crippen LogP contribution in [0.2, 0.25) is 0 Å². The standard InChI is InChI=1S/C12H15N3O2.ClH/c1-10(16)14-5-7-15(8-6-14)12(17)11-3-2-4-13-9-11;/h2-4,9H,5-8H2,1H3;1H. The molecule has 0 bridgehead atoms. The number of hydrogen-bond acceptors (Lipinski definition) is 3. The van der Waals surface area contributed by atoms with Crippen LogP contribution in [0.1, 0.15) is 17.3 Å². The number of amides is 2. The van der Waals surface area contributed by atoms with Crippen molar-refractivity contribution in [3.63, 3.8) is 0 Å². The van der Waals surface area contributed by atoms with Crippen molar-refractivity contribution in [2.75, 3.05) is 26.2 Å². The van der Waals surface area contributed by atoms with Gasteiger partial charge in [-0.25, -0.2) is 0 Å². The van der Waals surface area contributed by atoms with Crippen LogP contribution >= 0.6 is 12.4 Å². The van der Waals surface area contributed by atoms with E-state index in [0.29, 0.717) is 31.7 Å². The quantitative estimate of drug-likeness (QED) is 0.758. The van der Waals surface area contributed by atoms with E-state index in [1.807, 2.05) is 0 Å². The van der Waals surface area contributed by atoms with E-state index in [9.17, 15) is 9.59 Å². The van der Waals surface area contributed by atoms with Crippen LogP contribution in [0, 0.1) is 0 Å². The molecular formula is C12H16ClN3O2. The molecule has 0 aliphatic carbocycles. The lowest BCUT2D eigenvalue weighted by atomic mass is 10.2. The van der Waals surface area contributed by atoms with E-state index in [4.69, 9.17) is 0 Å². The summed E-state index contributed by atoms with van der Waals surface area (Å²) in [6, 6.07) is 3.51. The number of nitrogens with zero attached hydrogens (tertiary/aromatic N) is 3. The third kappa shape index (κ3) is 3.20. The molecule has 0 spiro atoms. The van der Waals surface area contributed by atoms with Crippen molar-refractivity contribution in [3.8, 4) is 0 Å². The number of carbonyl (C=O) groups is 2. The molecule has 0 atom stereocenters. The Labute approximate surface area is 112 Å². The zero-order valence-electron chi connectivity index (χ0n) is 10.2. The minimum absolute atomic E-state index is 0. The third-order valence-corrected chi connectivity index (χ3v) is 2.92. The number of rotatable bonds is 1. The molecule has 98 valence electrons. The Bertz CT molecular complexity index is 417. The van der Waals surface area contributed by atoms with Gasteiger partial charge in [0.25, 0.3) is 5.91 Å². The van der Waals surface area contributed by atoms with Gasteiger partial charge in [-0.3, -0.25) is 14.6 Å². The van der Waals surface area contributed by atoms with Crippen molar-refractivity contribution in [2.45, 2.75) is 6.92 Å². The Morgan fingerprint density at radius 2 is 1.78 bits per heavy atom. The smallest absolute Gasteiger partial charge is 0.255 e. The topological polar surface area (TPSA) is 53.5 Å². The van der Waals surface area contributed by atoms with Crippen molar-refractivity contribution < 1.29 is 9.59 Å². The molecule has 0 unspecified atom stereocenters. The molecule has 5 nitrogen and oxygen atoms in total. The Balaban J connectivity index is 0.00000162. The number of pyridine rings is 1. The predicted molar refractivity (Wildman–Crippen MR) is 69.6 cm³/mol. The van der Waals surface area contributed by atoms with E-state index in [1.165, 1.54) is 0 Å². The Kier molecular flexibility index (Phi) is 5.09. The van der Waals surface area contributed by atoms with E-state index >= 15 is 0 Å². The summed E-state index contributed by atoms with van der Waals surface area (Å²) in [4.78, 5) is 30.7. The number of hydrogen-bond donors (Lipinski definition) is 0. The summed E-state index contributed by atoms with van der Waals surface area (Å²) in [6.07, 6.45) is 3.21. The summed E-state index contributed by atoms with van der Waals surface area (Å²) < 4.78 is 0. The second kappa shape index (κ2) is 6.35. The van der Waals surface area contributed by atoms with E-state index in [0.717, 1.165) is 0 Å². The summed E-state index contributed by atoms with van der Waals surface area (Å²) in [6.45, 7) is 3.96. The Morgan fingerprint density at radius 3 is 2.28 bits per heavy atom. The lowest BCUT2D eigenvalue weighted by Gasteiger charge is -2.34. The van der Waals surface area contributed by atoms with E-state index in [1.54, 1.807) is 41.2 Å². The summed E-state index contributed by atoms with van der Waals surface area (Å²) in [5.74, 6) is 0.0554. The SMILES string of the molecule is CC(=O)N1CCN(C(=O)c2cccnc2)CC1.Cl. The molecule has 1 aromatic heterocycles. The van der Waals surface area contributed by atoms with Gasteiger partial charge in [-0.1, -0.05) is 0 Å². The summed E-state index contributed by atoms with van der Waals surface area (Å²) >= 11 is 0. The van der Waals surface area contributed by atoms with Crippen molar-refractivity contribution in [3.05, 3.63) is 30.1 Å². The Hall–Kier alpha value is -1.62. The fraction of sp³-hybridized carbons (Fsp3) is 0.417. The molecule has 18 heavy (non-hydrogen) atoms. The first-order chi connectivity index (χ1) is 8.18. The molecule has 1 fully saturated rings. The molecule has 0 radical (unpaired) electrons. The highest BCUT2D eigenvalue weighted by Gasteiger charge is 2.22. The van der Waals surface area contributed by atoms with Gasteiger partial charge in [0.2, 0.25) is 5.91 Å². The van der Waals surface area contributed by atoms with Gasteiger partial charge in [0.1, 0.15) is 0 Å². The third-order valence-electron chi connectivity index (χ3n) is 2.92. The lowest BCUT2D eigenvalue weighted by molar-refractivity contribution is -0.130. The summed E-state index contributed by atoms with van der Waals surface area (Å²) in [5, 5.41) is 0. The average Bonchev–Trinajstić information content (AvgIpc) is 2.39. The van der Waals surface area contributed by atoms with Crippen LogP contribution in [0.4, 0.5) is 0 Å². The molecule has 0 saturated carbocycles. The first-order valence-electron chi connectivity index (χ1n) is 5.63. The number of piperazine rings is 1. The molecule has 0 aromatic carbocycles. The van der Waals surface area contributed by atoms with E-state index in [2.05, 4.69) is 4.98 Å². The minimum atomic E-state index is -0.0127. The van der Waals surface area contributed by atoms with Gasteiger partial charge >= 0.3 is 0 Å². The van der Waals surface area contributed by atoms with Gasteiger partial charge in [-0.15, -0.1) is 12.4 Å². The van der Waals surface area contributed by atoms with Gasteiger partial charge in [-0.05, 0) is 12.1 Å². The second-order valence-corrected chi connectivity index (χ2v) is 4.04. The Morgan fingerprint density at radius 1 is 1.17 bits per heavy atom. The minimum Gasteiger partial charge on any atom is -0.339 e. The van der Waals surface area contributed by atoms with Gasteiger partial charge in [0.15, 0.2) is 0 Å². The number of aromatic nitrogens is 1. The molecule has 6 heteroatoms. The van der Waals surface area contributed by atoms with Crippen LogP contribution in [0.5, 0.6) is 0 Å². The summed E-state index contributed by atoms with van der Waals surface area (Å²) in [5.41, 5.74) is 0.601.